The van der Waals surface area contributed by atoms with Crippen molar-refractivity contribution in [2.24, 2.45) is 0 Å². The number of fused-ring (bicyclic) bond motifs is 5. The summed E-state index contributed by atoms with van der Waals surface area (Å²) in [5, 5.41) is 6.23. The molecule has 0 radical (unpaired) electrons. The summed E-state index contributed by atoms with van der Waals surface area (Å²) in [5.41, 5.74) is 9.88. The summed E-state index contributed by atoms with van der Waals surface area (Å²) < 4.78 is 1.91. The molecule has 2 aliphatic rings. The Morgan fingerprint density at radius 3 is 2.52 bits per heavy atom. The van der Waals surface area contributed by atoms with Crippen LogP contribution in [0, 0.1) is 0 Å². The molecule has 1 heterocycles. The number of hydrogen-bond acceptors (Lipinski definition) is 3. The largest absolute Gasteiger partial charge is 0.298 e. The fraction of sp³-hybridized carbons (Fsp3) is 0.238. The zero-order valence-electron chi connectivity index (χ0n) is 15.3. The second-order valence-electron chi connectivity index (χ2n) is 7.45. The number of hydrazine groups is 1. The van der Waals surface area contributed by atoms with Crippen LogP contribution < -0.4 is 10.9 Å². The van der Waals surface area contributed by atoms with E-state index in [0.717, 1.165) is 36.2 Å². The summed E-state index contributed by atoms with van der Waals surface area (Å²) in [7, 11) is 0. The van der Waals surface area contributed by atoms with Gasteiger partial charge in [-0.3, -0.25) is 15.6 Å². The van der Waals surface area contributed by atoms with Gasteiger partial charge in [0.25, 0.3) is 5.91 Å². The standard InChI is InChI=1S/C21H17Cl3N4O/c22-13-3-6-15(7-4-13)28-20-12-2-1-11(9-12)18(20)19(27-28)21(29)26-25-14-5-8-16(23)17(24)10-14/h3-8,10-12,25H,1-2,9H2,(H,26,29). The fourth-order valence-corrected chi connectivity index (χ4v) is 4.86. The third kappa shape index (κ3) is 3.27. The van der Waals surface area contributed by atoms with E-state index in [0.29, 0.717) is 38.3 Å². The first-order chi connectivity index (χ1) is 14.0. The van der Waals surface area contributed by atoms with E-state index in [1.54, 1.807) is 18.2 Å². The maximum atomic E-state index is 13.0. The van der Waals surface area contributed by atoms with Crippen LogP contribution in [0.4, 0.5) is 5.69 Å². The monoisotopic (exact) mass is 446 g/mol. The lowest BCUT2D eigenvalue weighted by Gasteiger charge is -2.14. The number of aromatic nitrogens is 2. The van der Waals surface area contributed by atoms with E-state index < -0.39 is 0 Å². The van der Waals surface area contributed by atoms with Gasteiger partial charge in [-0.1, -0.05) is 34.8 Å². The molecule has 29 heavy (non-hydrogen) atoms. The lowest BCUT2D eigenvalue weighted by atomic mass is 9.95. The first-order valence-corrected chi connectivity index (χ1v) is 10.5. The maximum absolute atomic E-state index is 13.0. The van der Waals surface area contributed by atoms with Crippen LogP contribution in [-0.4, -0.2) is 15.7 Å². The quantitative estimate of drug-likeness (QED) is 0.486. The molecule has 0 spiro atoms. The van der Waals surface area contributed by atoms with Crippen molar-refractivity contribution in [3.63, 3.8) is 0 Å². The van der Waals surface area contributed by atoms with E-state index in [4.69, 9.17) is 39.9 Å². The molecule has 3 aromatic rings. The Hall–Kier alpha value is -2.21. The summed E-state index contributed by atoms with van der Waals surface area (Å²) in [4.78, 5) is 13.0. The molecular weight excluding hydrogens is 431 g/mol. The predicted molar refractivity (Wildman–Crippen MR) is 115 cm³/mol. The van der Waals surface area contributed by atoms with Crippen molar-refractivity contribution in [2.45, 2.75) is 31.1 Å². The molecule has 2 bridgehead atoms. The Morgan fingerprint density at radius 2 is 1.76 bits per heavy atom. The second kappa shape index (κ2) is 7.24. The molecule has 2 aliphatic carbocycles. The number of anilines is 1. The van der Waals surface area contributed by atoms with E-state index in [-0.39, 0.29) is 5.91 Å². The molecule has 1 aromatic heterocycles. The SMILES string of the molecule is O=C(NNc1ccc(Cl)c(Cl)c1)c1nn(-c2ccc(Cl)cc2)c2c1C1CCC2C1. The molecule has 2 atom stereocenters. The molecule has 1 fully saturated rings. The molecule has 5 nitrogen and oxygen atoms in total. The number of nitrogens with one attached hydrogen (secondary N) is 2. The lowest BCUT2D eigenvalue weighted by molar-refractivity contribution is 0.0956. The van der Waals surface area contributed by atoms with Gasteiger partial charge >= 0.3 is 0 Å². The van der Waals surface area contributed by atoms with Crippen molar-refractivity contribution in [1.82, 2.24) is 15.2 Å². The third-order valence-corrected chi connectivity index (χ3v) is 6.70. The van der Waals surface area contributed by atoms with Gasteiger partial charge in [0.2, 0.25) is 0 Å². The van der Waals surface area contributed by atoms with Crippen molar-refractivity contribution in [1.29, 1.82) is 0 Å². The molecule has 0 saturated heterocycles. The summed E-state index contributed by atoms with van der Waals surface area (Å²) in [6.07, 6.45) is 3.32. The van der Waals surface area contributed by atoms with Gasteiger partial charge in [0.15, 0.2) is 5.69 Å². The molecule has 2 aromatic carbocycles. The molecule has 1 amide bonds. The van der Waals surface area contributed by atoms with Crippen LogP contribution in [-0.2, 0) is 0 Å². The zero-order chi connectivity index (χ0) is 20.1. The van der Waals surface area contributed by atoms with E-state index in [2.05, 4.69) is 10.9 Å². The number of nitrogens with zero attached hydrogens (tertiary/aromatic N) is 2. The van der Waals surface area contributed by atoms with Gasteiger partial charge in [-0.15, -0.1) is 0 Å². The Kier molecular flexibility index (Phi) is 4.69. The van der Waals surface area contributed by atoms with Crippen LogP contribution in [0.3, 0.4) is 0 Å². The minimum absolute atomic E-state index is 0.271. The molecular formula is C21H17Cl3N4O. The van der Waals surface area contributed by atoms with Gasteiger partial charge < -0.3 is 0 Å². The minimum Gasteiger partial charge on any atom is -0.298 e. The third-order valence-electron chi connectivity index (χ3n) is 5.71. The van der Waals surface area contributed by atoms with Crippen molar-refractivity contribution in [3.8, 4) is 5.69 Å². The molecule has 1 saturated carbocycles. The van der Waals surface area contributed by atoms with Crippen LogP contribution in [0.5, 0.6) is 0 Å². The fourth-order valence-electron chi connectivity index (χ4n) is 4.44. The first kappa shape index (κ1) is 18.8. The van der Waals surface area contributed by atoms with E-state index in [9.17, 15) is 4.79 Å². The summed E-state index contributed by atoms with van der Waals surface area (Å²) in [6, 6.07) is 12.6. The lowest BCUT2D eigenvalue weighted by Crippen LogP contribution is -2.30. The second-order valence-corrected chi connectivity index (χ2v) is 8.70. The van der Waals surface area contributed by atoms with Crippen molar-refractivity contribution in [2.75, 3.05) is 5.43 Å². The van der Waals surface area contributed by atoms with Crippen molar-refractivity contribution < 1.29 is 4.79 Å². The summed E-state index contributed by atoms with van der Waals surface area (Å²) >= 11 is 18.0. The van der Waals surface area contributed by atoms with Gasteiger partial charge in [0.05, 0.1) is 27.1 Å². The number of hydrogen-bond donors (Lipinski definition) is 2. The highest BCUT2D eigenvalue weighted by atomic mass is 35.5. The number of carbonyl (C=O) groups excluding carboxylic acids is 1. The molecule has 8 heteroatoms. The number of halogens is 3. The van der Waals surface area contributed by atoms with Crippen LogP contribution in [0.25, 0.3) is 5.69 Å². The summed E-state index contributed by atoms with van der Waals surface area (Å²) in [6.45, 7) is 0. The predicted octanol–water partition coefficient (Wildman–Crippen LogP) is 5.95. The Morgan fingerprint density at radius 1 is 1.00 bits per heavy atom. The maximum Gasteiger partial charge on any atom is 0.290 e. The molecule has 2 unspecified atom stereocenters. The van der Waals surface area contributed by atoms with Gasteiger partial charge in [0, 0.05) is 16.5 Å². The summed E-state index contributed by atoms with van der Waals surface area (Å²) in [5.74, 6) is 0.567. The topological polar surface area (TPSA) is 59.0 Å². The van der Waals surface area contributed by atoms with Gasteiger partial charge in [-0.05, 0) is 67.6 Å². The van der Waals surface area contributed by atoms with Gasteiger partial charge in [-0.25, -0.2) is 4.68 Å². The van der Waals surface area contributed by atoms with Crippen molar-refractivity contribution in [3.05, 3.63) is 74.5 Å². The average molecular weight is 448 g/mol. The van der Waals surface area contributed by atoms with E-state index >= 15 is 0 Å². The number of amides is 1. The number of rotatable bonds is 4. The highest BCUT2D eigenvalue weighted by molar-refractivity contribution is 6.42. The molecule has 148 valence electrons. The average Bonchev–Trinajstić information content (AvgIpc) is 3.42. The highest BCUT2D eigenvalue weighted by Crippen LogP contribution is 2.54. The smallest absolute Gasteiger partial charge is 0.290 e. The Balaban J connectivity index is 1.46. The normalized spacial score (nSPS) is 19.3. The number of benzene rings is 2. The van der Waals surface area contributed by atoms with Crippen LogP contribution in [0.2, 0.25) is 15.1 Å². The Bertz CT molecular complexity index is 1110. The van der Waals surface area contributed by atoms with E-state index in [1.807, 2.05) is 28.9 Å². The zero-order valence-corrected chi connectivity index (χ0v) is 17.5. The molecule has 2 N–H and O–H groups in total. The van der Waals surface area contributed by atoms with Crippen molar-refractivity contribution >= 4 is 46.4 Å². The Labute approximate surface area is 182 Å². The minimum atomic E-state index is -0.271. The van der Waals surface area contributed by atoms with Gasteiger partial charge in [-0.2, -0.15) is 5.10 Å². The molecule has 5 rings (SSSR count). The first-order valence-electron chi connectivity index (χ1n) is 9.41. The van der Waals surface area contributed by atoms with Crippen LogP contribution >= 0.6 is 34.8 Å². The van der Waals surface area contributed by atoms with E-state index in [1.165, 1.54) is 0 Å². The van der Waals surface area contributed by atoms with Crippen LogP contribution in [0.1, 0.15) is 52.8 Å². The molecule has 0 aliphatic heterocycles. The number of carbonyl (C=O) groups is 1. The highest BCUT2D eigenvalue weighted by Gasteiger charge is 2.44. The van der Waals surface area contributed by atoms with Crippen LogP contribution in [0.15, 0.2) is 42.5 Å². The van der Waals surface area contributed by atoms with Gasteiger partial charge in [0.1, 0.15) is 0 Å².